The summed E-state index contributed by atoms with van der Waals surface area (Å²) in [5.41, 5.74) is 1.59. The molecule has 1 atom stereocenters. The molecule has 12 nitrogen and oxygen atoms in total. The monoisotopic (exact) mass is 622 g/mol. The van der Waals surface area contributed by atoms with Crippen LogP contribution in [-0.2, 0) is 4.43 Å². The van der Waals surface area contributed by atoms with Crippen LogP contribution in [0.1, 0.15) is 53.5 Å². The summed E-state index contributed by atoms with van der Waals surface area (Å²) in [5, 5.41) is 9.12. The predicted octanol–water partition coefficient (Wildman–Crippen LogP) is 6.35. The largest absolute Gasteiger partial charge is 0.493 e. The van der Waals surface area contributed by atoms with Gasteiger partial charge in [-0.2, -0.15) is 15.1 Å². The molecule has 1 fully saturated rings. The number of ether oxygens (including phenoxy) is 3. The fourth-order valence-corrected chi connectivity index (χ4v) is 6.27. The van der Waals surface area contributed by atoms with E-state index in [1.807, 2.05) is 33.8 Å². The Balaban J connectivity index is 1.47. The SMILES string of the molecule is COc1cc(-n2cnc(Nc3nc(N4CCC[C@H]4CO[Si](C)(C)C(C)(C)C)c4cnn(C(C)C)c4n3)c2)cc(OC)c1OC. The second kappa shape index (κ2) is 12.3. The van der Waals surface area contributed by atoms with Crippen molar-refractivity contribution in [3.63, 3.8) is 0 Å². The van der Waals surface area contributed by atoms with Crippen LogP contribution in [-0.4, -0.2) is 78.1 Å². The zero-order valence-electron chi connectivity index (χ0n) is 27.6. The van der Waals surface area contributed by atoms with Gasteiger partial charge >= 0.3 is 0 Å². The average molecular weight is 623 g/mol. The van der Waals surface area contributed by atoms with E-state index in [1.54, 1.807) is 27.7 Å². The summed E-state index contributed by atoms with van der Waals surface area (Å²) in [7, 11) is 2.88. The summed E-state index contributed by atoms with van der Waals surface area (Å²) >= 11 is 0. The van der Waals surface area contributed by atoms with E-state index < -0.39 is 8.32 Å². The molecular weight excluding hydrogens is 576 g/mol. The quantitative estimate of drug-likeness (QED) is 0.190. The molecule has 13 heteroatoms. The van der Waals surface area contributed by atoms with Gasteiger partial charge in [0.25, 0.3) is 0 Å². The van der Waals surface area contributed by atoms with Crippen molar-refractivity contribution < 1.29 is 18.6 Å². The van der Waals surface area contributed by atoms with Crippen molar-refractivity contribution in [3.8, 4) is 22.9 Å². The minimum Gasteiger partial charge on any atom is -0.493 e. The average Bonchev–Trinajstić information content (AvgIpc) is 3.74. The molecule has 238 valence electrons. The number of imidazole rings is 1. The van der Waals surface area contributed by atoms with Crippen LogP contribution >= 0.6 is 0 Å². The molecule has 0 spiro atoms. The fourth-order valence-electron chi connectivity index (χ4n) is 5.23. The molecule has 1 N–H and O–H groups in total. The second-order valence-electron chi connectivity index (χ2n) is 13.0. The number of benzene rings is 1. The van der Waals surface area contributed by atoms with Crippen molar-refractivity contribution in [2.45, 2.75) is 77.7 Å². The van der Waals surface area contributed by atoms with Crippen molar-refractivity contribution in [1.82, 2.24) is 29.3 Å². The van der Waals surface area contributed by atoms with Gasteiger partial charge in [-0.1, -0.05) is 20.8 Å². The van der Waals surface area contributed by atoms with Crippen LogP contribution in [0.4, 0.5) is 17.6 Å². The Hall–Kier alpha value is -3.84. The number of hydrogen-bond acceptors (Lipinski definition) is 10. The predicted molar refractivity (Wildman–Crippen MR) is 176 cm³/mol. The first kappa shape index (κ1) is 31.6. The standard InChI is InChI=1S/C31H46N8O4Si/c1-20(2)39-29-23(16-33-39)28(38-13-11-12-21(38)18-43-44(9,10)31(3,4)5)35-30(36-29)34-26-17-37(19-32-26)22-14-24(40-6)27(42-8)25(15-22)41-7/h14-17,19-21H,11-13,18H2,1-10H3,(H,34,35,36)/t21-/m0/s1. The van der Waals surface area contributed by atoms with E-state index in [4.69, 9.17) is 28.6 Å². The van der Waals surface area contributed by atoms with Gasteiger partial charge in [0.1, 0.15) is 12.1 Å². The molecule has 1 aliphatic heterocycles. The van der Waals surface area contributed by atoms with Gasteiger partial charge in [0.05, 0.1) is 57.4 Å². The number of hydrogen-bond donors (Lipinski definition) is 1. The number of rotatable bonds is 11. The molecule has 0 bridgehead atoms. The molecule has 0 aliphatic carbocycles. The van der Waals surface area contributed by atoms with Crippen LogP contribution in [0, 0.1) is 0 Å². The Kier molecular flexibility index (Phi) is 8.81. The first-order chi connectivity index (χ1) is 20.9. The minimum absolute atomic E-state index is 0.138. The third kappa shape index (κ3) is 6.07. The van der Waals surface area contributed by atoms with Crippen LogP contribution in [0.25, 0.3) is 16.7 Å². The van der Waals surface area contributed by atoms with E-state index in [0.717, 1.165) is 41.9 Å². The lowest BCUT2D eigenvalue weighted by molar-refractivity contribution is 0.263. The maximum absolute atomic E-state index is 6.68. The normalized spacial score (nSPS) is 15.8. The van der Waals surface area contributed by atoms with Crippen LogP contribution in [0.15, 0.2) is 30.9 Å². The topological polar surface area (TPSA) is 114 Å². The number of nitrogens with zero attached hydrogens (tertiary/aromatic N) is 7. The first-order valence-electron chi connectivity index (χ1n) is 15.1. The van der Waals surface area contributed by atoms with Crippen LogP contribution < -0.4 is 24.4 Å². The summed E-state index contributed by atoms with van der Waals surface area (Å²) in [6.07, 6.45) is 7.62. The highest BCUT2D eigenvalue weighted by molar-refractivity contribution is 6.74. The van der Waals surface area contributed by atoms with Gasteiger partial charge < -0.3 is 33.4 Å². The van der Waals surface area contributed by atoms with E-state index in [2.05, 4.69) is 68.0 Å². The lowest BCUT2D eigenvalue weighted by Crippen LogP contribution is -2.45. The summed E-state index contributed by atoms with van der Waals surface area (Å²) < 4.78 is 27.0. The Morgan fingerprint density at radius 3 is 2.36 bits per heavy atom. The van der Waals surface area contributed by atoms with Gasteiger partial charge in [-0.15, -0.1) is 0 Å². The van der Waals surface area contributed by atoms with E-state index in [9.17, 15) is 0 Å². The van der Waals surface area contributed by atoms with Gasteiger partial charge in [0.15, 0.2) is 31.3 Å². The van der Waals surface area contributed by atoms with Crippen molar-refractivity contribution in [2.75, 3.05) is 44.7 Å². The van der Waals surface area contributed by atoms with E-state index in [0.29, 0.717) is 35.6 Å². The third-order valence-electron chi connectivity index (χ3n) is 8.78. The molecule has 5 rings (SSSR count). The Labute approximate surface area is 260 Å². The molecule has 0 saturated carbocycles. The molecule has 1 aromatic carbocycles. The van der Waals surface area contributed by atoms with E-state index >= 15 is 0 Å². The Morgan fingerprint density at radius 2 is 1.75 bits per heavy atom. The molecule has 3 aromatic heterocycles. The number of fused-ring (bicyclic) bond motifs is 1. The summed E-state index contributed by atoms with van der Waals surface area (Å²) in [6.45, 7) is 17.2. The summed E-state index contributed by atoms with van der Waals surface area (Å²) in [4.78, 5) is 16.9. The molecule has 0 unspecified atom stereocenters. The van der Waals surface area contributed by atoms with Crippen molar-refractivity contribution in [1.29, 1.82) is 0 Å². The lowest BCUT2D eigenvalue weighted by atomic mass is 10.2. The summed E-state index contributed by atoms with van der Waals surface area (Å²) in [6, 6.07) is 4.11. The molecule has 0 amide bonds. The van der Waals surface area contributed by atoms with Crippen molar-refractivity contribution >= 4 is 36.9 Å². The highest BCUT2D eigenvalue weighted by atomic mass is 28.4. The van der Waals surface area contributed by atoms with E-state index in [-0.39, 0.29) is 17.1 Å². The number of methoxy groups -OCH3 is 3. The molecule has 1 saturated heterocycles. The van der Waals surface area contributed by atoms with Crippen molar-refractivity contribution in [2.24, 2.45) is 0 Å². The molecular formula is C31H46N8O4Si. The van der Waals surface area contributed by atoms with Gasteiger partial charge in [-0.25, -0.2) is 9.67 Å². The minimum atomic E-state index is -1.89. The van der Waals surface area contributed by atoms with Gasteiger partial charge in [0, 0.05) is 24.7 Å². The van der Waals surface area contributed by atoms with Gasteiger partial charge in [0.2, 0.25) is 11.7 Å². The molecule has 4 heterocycles. The van der Waals surface area contributed by atoms with Gasteiger partial charge in [-0.3, -0.25) is 0 Å². The second-order valence-corrected chi connectivity index (χ2v) is 17.8. The highest BCUT2D eigenvalue weighted by Gasteiger charge is 2.39. The van der Waals surface area contributed by atoms with E-state index in [1.165, 1.54) is 0 Å². The van der Waals surface area contributed by atoms with Crippen molar-refractivity contribution in [3.05, 3.63) is 30.9 Å². The first-order valence-corrected chi connectivity index (χ1v) is 18.0. The van der Waals surface area contributed by atoms with Crippen LogP contribution in [0.2, 0.25) is 18.1 Å². The summed E-state index contributed by atoms with van der Waals surface area (Å²) in [5.74, 6) is 3.57. The molecule has 4 aromatic rings. The van der Waals surface area contributed by atoms with Gasteiger partial charge in [-0.05, 0) is 44.8 Å². The third-order valence-corrected chi connectivity index (χ3v) is 13.3. The molecule has 0 radical (unpaired) electrons. The molecule has 1 aliphatic rings. The number of anilines is 3. The highest BCUT2D eigenvalue weighted by Crippen LogP contribution is 2.40. The number of aromatic nitrogens is 6. The molecule has 44 heavy (non-hydrogen) atoms. The fraction of sp³-hybridized carbons (Fsp3) is 0.548. The smallest absolute Gasteiger partial charge is 0.232 e. The Bertz CT molecular complexity index is 1580. The van der Waals surface area contributed by atoms with Crippen LogP contribution in [0.3, 0.4) is 0 Å². The maximum Gasteiger partial charge on any atom is 0.232 e. The zero-order chi connectivity index (χ0) is 31.8. The Morgan fingerprint density at radius 1 is 1.05 bits per heavy atom. The zero-order valence-corrected chi connectivity index (χ0v) is 28.6. The lowest BCUT2D eigenvalue weighted by Gasteiger charge is -2.38. The number of nitrogens with one attached hydrogen (secondary N) is 1. The maximum atomic E-state index is 6.68. The van der Waals surface area contributed by atoms with Crippen LogP contribution in [0.5, 0.6) is 17.2 Å².